The van der Waals surface area contributed by atoms with Crippen LogP contribution in [0.4, 0.5) is 4.39 Å². The summed E-state index contributed by atoms with van der Waals surface area (Å²) in [6.45, 7) is 3.50. The van der Waals surface area contributed by atoms with Crippen LogP contribution in [0.3, 0.4) is 0 Å². The van der Waals surface area contributed by atoms with E-state index in [9.17, 15) is 4.39 Å². The average molecular weight is 158 g/mol. The molecule has 1 aromatic carbocycles. The molecule has 0 spiro atoms. The first-order valence-corrected chi connectivity index (χ1v) is 2.84. The van der Waals surface area contributed by atoms with Crippen molar-refractivity contribution in [2.24, 2.45) is 0 Å². The van der Waals surface area contributed by atoms with E-state index in [2.05, 4.69) is 6.57 Å². The number of hydrogen-bond acceptors (Lipinski definition) is 1. The predicted molar refractivity (Wildman–Crippen MR) is 38.1 cm³/mol. The Morgan fingerprint density at radius 2 is 1.80 bits per heavy atom. The summed E-state index contributed by atoms with van der Waals surface area (Å²) in [4.78, 5) is 0. The summed E-state index contributed by atoms with van der Waals surface area (Å²) in [6, 6.07) is 6.12. The number of rotatable bonds is 0. The molecule has 0 aliphatic carbocycles. The van der Waals surface area contributed by atoms with E-state index in [1.54, 1.807) is 12.1 Å². The van der Waals surface area contributed by atoms with E-state index < -0.39 is 0 Å². The Bertz CT molecular complexity index is 201. The lowest BCUT2D eigenvalue weighted by atomic mass is 10.4. The van der Waals surface area contributed by atoms with Crippen molar-refractivity contribution in [2.75, 3.05) is 0 Å². The van der Waals surface area contributed by atoms with Crippen LogP contribution < -0.4 is 0 Å². The highest BCUT2D eigenvalue weighted by atomic mass is 35.5. The van der Waals surface area contributed by atoms with E-state index >= 15 is 0 Å². The Kier molecular flexibility index (Phi) is 4.26. The molecule has 0 amide bonds. The van der Waals surface area contributed by atoms with Gasteiger partial charge < -0.3 is 0 Å². The molecule has 0 aliphatic heterocycles. The lowest BCUT2D eigenvalue weighted by Crippen LogP contribution is -1.70. The van der Waals surface area contributed by atoms with Crippen molar-refractivity contribution in [3.05, 3.63) is 35.1 Å². The van der Waals surface area contributed by atoms with Crippen LogP contribution in [0.15, 0.2) is 24.3 Å². The molecule has 0 fully saturated rings. The normalized spacial score (nSPS) is 7.60. The summed E-state index contributed by atoms with van der Waals surface area (Å²) in [6.07, 6.45) is 0. The van der Waals surface area contributed by atoms with Crippen molar-refractivity contribution in [3.8, 4) is 6.57 Å². The zero-order valence-corrected chi connectivity index (χ0v) is 5.85. The second kappa shape index (κ2) is 4.78. The van der Waals surface area contributed by atoms with E-state index in [0.717, 1.165) is 0 Å². The molecule has 0 saturated heterocycles. The molecule has 0 bridgehead atoms. The molecule has 0 atom stereocenters. The van der Waals surface area contributed by atoms with Gasteiger partial charge in [0.2, 0.25) is 0 Å². The summed E-state index contributed by atoms with van der Waals surface area (Å²) >= 11 is 5.33. The standard InChI is InChI=1S/C6H4ClF.CHN/c7-5-3-1-2-4-6(5)8;1-2/h1-4H;1H. The summed E-state index contributed by atoms with van der Waals surface area (Å²) in [7, 11) is 0. The Balaban J connectivity index is 0.000000371. The first-order valence-electron chi connectivity index (χ1n) is 2.46. The molecule has 0 unspecified atom stereocenters. The molecule has 0 heterocycles. The van der Waals surface area contributed by atoms with E-state index in [4.69, 9.17) is 16.9 Å². The number of hydrogen-bond donors (Lipinski definition) is 0. The lowest BCUT2D eigenvalue weighted by molar-refractivity contribution is 0.628. The van der Waals surface area contributed by atoms with Gasteiger partial charge in [-0.1, -0.05) is 23.7 Å². The fourth-order valence-corrected chi connectivity index (χ4v) is 0.575. The highest BCUT2D eigenvalue weighted by Gasteiger charge is 1.91. The van der Waals surface area contributed by atoms with E-state index in [0.29, 0.717) is 0 Å². The third-order valence-corrected chi connectivity index (χ3v) is 1.13. The number of benzene rings is 1. The lowest BCUT2D eigenvalue weighted by Gasteiger charge is -1.86. The van der Waals surface area contributed by atoms with E-state index in [1.165, 1.54) is 12.1 Å². The zero-order chi connectivity index (χ0) is 7.98. The van der Waals surface area contributed by atoms with Crippen molar-refractivity contribution in [1.82, 2.24) is 0 Å². The minimum atomic E-state index is -0.367. The molecule has 0 saturated carbocycles. The van der Waals surface area contributed by atoms with Gasteiger partial charge in [-0.2, -0.15) is 0 Å². The van der Waals surface area contributed by atoms with Gasteiger partial charge in [-0.15, -0.1) is 0 Å². The molecule has 0 aliphatic rings. The minimum absolute atomic E-state index is 0.174. The monoisotopic (exact) mass is 157 g/mol. The zero-order valence-electron chi connectivity index (χ0n) is 5.09. The molecule has 52 valence electrons. The van der Waals surface area contributed by atoms with Crippen molar-refractivity contribution < 1.29 is 4.39 Å². The summed E-state index contributed by atoms with van der Waals surface area (Å²) in [5.74, 6) is -0.367. The first-order chi connectivity index (χ1) is 4.80. The van der Waals surface area contributed by atoms with Crippen LogP contribution in [0.1, 0.15) is 0 Å². The van der Waals surface area contributed by atoms with Gasteiger partial charge >= 0.3 is 0 Å². The first kappa shape index (κ1) is 8.93. The molecule has 1 nitrogen and oxygen atoms in total. The van der Waals surface area contributed by atoms with Crippen LogP contribution in [0.5, 0.6) is 0 Å². The van der Waals surface area contributed by atoms with Gasteiger partial charge in [-0.3, -0.25) is 0 Å². The van der Waals surface area contributed by atoms with E-state index in [-0.39, 0.29) is 10.8 Å². The summed E-state index contributed by atoms with van der Waals surface area (Å²) < 4.78 is 12.2. The van der Waals surface area contributed by atoms with Gasteiger partial charge in [-0.25, -0.2) is 9.65 Å². The van der Waals surface area contributed by atoms with Crippen molar-refractivity contribution in [2.45, 2.75) is 0 Å². The van der Waals surface area contributed by atoms with Gasteiger partial charge in [0.05, 0.1) is 5.02 Å². The van der Waals surface area contributed by atoms with Crippen LogP contribution in [0, 0.1) is 17.7 Å². The van der Waals surface area contributed by atoms with Gasteiger partial charge in [0.25, 0.3) is 0 Å². The van der Waals surface area contributed by atoms with Crippen molar-refractivity contribution in [1.29, 1.82) is 5.26 Å². The maximum Gasteiger partial charge on any atom is 0.141 e. The SMILES string of the molecule is C#N.Fc1ccccc1Cl. The van der Waals surface area contributed by atoms with E-state index in [1.807, 2.05) is 0 Å². The van der Waals surface area contributed by atoms with Crippen LogP contribution in [-0.2, 0) is 0 Å². The van der Waals surface area contributed by atoms with Crippen LogP contribution in [0.25, 0.3) is 0 Å². The topological polar surface area (TPSA) is 23.8 Å². The van der Waals surface area contributed by atoms with Crippen molar-refractivity contribution >= 4 is 11.6 Å². The third-order valence-electron chi connectivity index (χ3n) is 0.824. The van der Waals surface area contributed by atoms with Gasteiger partial charge in [-0.05, 0) is 12.1 Å². The Hall–Kier alpha value is -1.07. The largest absolute Gasteiger partial charge is 0.205 e. The van der Waals surface area contributed by atoms with Gasteiger partial charge in [0.1, 0.15) is 5.82 Å². The average Bonchev–Trinajstić information content (AvgIpc) is 2.00. The molecule has 0 radical (unpaired) electrons. The molecule has 1 aromatic rings. The molecule has 0 aromatic heterocycles. The summed E-state index contributed by atoms with van der Waals surface area (Å²) in [5.41, 5.74) is 0. The maximum absolute atomic E-state index is 12.2. The van der Waals surface area contributed by atoms with Gasteiger partial charge in [0.15, 0.2) is 0 Å². The Morgan fingerprint density at radius 3 is 2.10 bits per heavy atom. The maximum atomic E-state index is 12.2. The van der Waals surface area contributed by atoms with Gasteiger partial charge in [0, 0.05) is 6.57 Å². The number of nitrogens with zero attached hydrogens (tertiary/aromatic N) is 1. The molecular formula is C7H5ClFN. The highest BCUT2D eigenvalue weighted by Crippen LogP contribution is 2.11. The molecular weight excluding hydrogens is 153 g/mol. The molecule has 3 heteroatoms. The fraction of sp³-hybridized carbons (Fsp3) is 0. The smallest absolute Gasteiger partial charge is 0.141 e. The third kappa shape index (κ3) is 2.47. The minimum Gasteiger partial charge on any atom is -0.205 e. The number of halogens is 2. The quantitative estimate of drug-likeness (QED) is 0.568. The fourth-order valence-electron chi connectivity index (χ4n) is 0.439. The molecule has 0 N–H and O–H groups in total. The number of nitriles is 1. The Morgan fingerprint density at radius 1 is 1.30 bits per heavy atom. The Labute approximate surface area is 63.7 Å². The summed E-state index contributed by atoms with van der Waals surface area (Å²) in [5, 5.41) is 6.67. The highest BCUT2D eigenvalue weighted by molar-refractivity contribution is 6.30. The molecule has 10 heavy (non-hydrogen) atoms. The van der Waals surface area contributed by atoms with Crippen LogP contribution in [-0.4, -0.2) is 0 Å². The predicted octanol–water partition coefficient (Wildman–Crippen LogP) is 2.62. The second-order valence-corrected chi connectivity index (χ2v) is 1.82. The second-order valence-electron chi connectivity index (χ2n) is 1.41. The van der Waals surface area contributed by atoms with Crippen molar-refractivity contribution in [3.63, 3.8) is 0 Å². The van der Waals surface area contributed by atoms with Crippen LogP contribution >= 0.6 is 11.6 Å². The van der Waals surface area contributed by atoms with Crippen LogP contribution in [0.2, 0.25) is 5.02 Å². The molecule has 1 rings (SSSR count).